The Kier molecular flexibility index (Phi) is 4.89. The number of pyridine rings is 1. The van der Waals surface area contributed by atoms with E-state index in [1.165, 1.54) is 48.9 Å². The monoisotopic (exact) mass is 405 g/mol. The fraction of sp³-hybridized carbons (Fsp3) is 0.0455. The Labute approximate surface area is 170 Å². The van der Waals surface area contributed by atoms with Crippen LogP contribution >= 0.6 is 0 Å². The van der Waals surface area contributed by atoms with Crippen molar-refractivity contribution < 1.29 is 23.8 Å². The summed E-state index contributed by atoms with van der Waals surface area (Å²) < 4.78 is 15.4. The van der Waals surface area contributed by atoms with Gasteiger partial charge in [0.25, 0.3) is 11.7 Å². The second-order valence-electron chi connectivity index (χ2n) is 6.70. The average molecular weight is 405 g/mol. The van der Waals surface area contributed by atoms with Gasteiger partial charge in [0.05, 0.1) is 16.8 Å². The minimum atomic E-state index is -0.872. The maximum Gasteiger partial charge on any atom is 0.296 e. The molecule has 0 saturated heterocycles. The van der Waals surface area contributed by atoms with Crippen LogP contribution in [0.25, 0.3) is 10.9 Å². The molecule has 2 aromatic heterocycles. The first-order chi connectivity index (χ1) is 14.4. The summed E-state index contributed by atoms with van der Waals surface area (Å²) in [6.07, 6.45) is 3.89. The predicted octanol–water partition coefficient (Wildman–Crippen LogP) is 2.99. The highest BCUT2D eigenvalue weighted by Crippen LogP contribution is 2.30. The highest BCUT2D eigenvalue weighted by Gasteiger charge is 2.23. The third kappa shape index (κ3) is 3.70. The van der Waals surface area contributed by atoms with Gasteiger partial charge < -0.3 is 20.2 Å². The third-order valence-corrected chi connectivity index (χ3v) is 4.65. The lowest BCUT2D eigenvalue weighted by Crippen LogP contribution is -2.26. The molecule has 150 valence electrons. The van der Waals surface area contributed by atoms with E-state index in [2.05, 4.69) is 5.32 Å². The molecule has 0 atom stereocenters. The van der Waals surface area contributed by atoms with E-state index in [0.717, 1.165) is 5.56 Å². The standard InChI is InChI=1S/C22H16FN3O4/c23-15-6-4-14(5-7-15)12-25-13-18(17-2-1-3-19(27)20(17)25)21(28)22(29)24-16-8-10-26(30)11-9-16/h1-11,13,27H,12H2,(H,24,29). The first-order valence-corrected chi connectivity index (χ1v) is 9.02. The number of aromatic hydroxyl groups is 1. The summed E-state index contributed by atoms with van der Waals surface area (Å²) in [5.41, 5.74) is 1.58. The number of nitrogens with one attached hydrogen (secondary N) is 1. The molecule has 30 heavy (non-hydrogen) atoms. The largest absolute Gasteiger partial charge is 0.619 e. The third-order valence-electron chi connectivity index (χ3n) is 4.65. The number of rotatable bonds is 5. The molecule has 7 nitrogen and oxygen atoms in total. The Morgan fingerprint density at radius 2 is 1.77 bits per heavy atom. The molecule has 1 amide bonds. The van der Waals surface area contributed by atoms with Crippen LogP contribution in [0.1, 0.15) is 15.9 Å². The van der Waals surface area contributed by atoms with Crippen LogP contribution in [0.2, 0.25) is 0 Å². The van der Waals surface area contributed by atoms with Crippen LogP contribution in [-0.4, -0.2) is 21.4 Å². The minimum Gasteiger partial charge on any atom is -0.619 e. The zero-order valence-corrected chi connectivity index (χ0v) is 15.6. The number of para-hydroxylation sites is 1. The number of hydrogen-bond acceptors (Lipinski definition) is 4. The summed E-state index contributed by atoms with van der Waals surface area (Å²) in [4.78, 5) is 25.3. The van der Waals surface area contributed by atoms with Crippen molar-refractivity contribution in [3.8, 4) is 5.75 Å². The SMILES string of the molecule is O=C(Nc1cc[n+]([O-])cc1)C(=O)c1cn(Cc2ccc(F)cc2)c2c(O)cccc12. The molecule has 0 saturated carbocycles. The van der Waals surface area contributed by atoms with E-state index in [9.17, 15) is 24.3 Å². The van der Waals surface area contributed by atoms with Gasteiger partial charge in [-0.2, -0.15) is 4.73 Å². The molecule has 0 fully saturated rings. The van der Waals surface area contributed by atoms with Crippen molar-refractivity contribution in [3.05, 3.63) is 95.3 Å². The van der Waals surface area contributed by atoms with Gasteiger partial charge in [-0.1, -0.05) is 24.3 Å². The average Bonchev–Trinajstić information content (AvgIpc) is 3.10. The Hall–Kier alpha value is -4.20. The number of fused-ring (bicyclic) bond motifs is 1. The van der Waals surface area contributed by atoms with E-state index in [-0.39, 0.29) is 23.7 Å². The quantitative estimate of drug-likeness (QED) is 0.231. The van der Waals surface area contributed by atoms with Crippen molar-refractivity contribution >= 4 is 28.3 Å². The minimum absolute atomic E-state index is 0.0443. The second kappa shape index (κ2) is 7.67. The molecule has 0 aliphatic carbocycles. The molecule has 2 heterocycles. The lowest BCUT2D eigenvalue weighted by Gasteiger charge is -2.06. The van der Waals surface area contributed by atoms with E-state index in [1.54, 1.807) is 28.8 Å². The molecule has 0 radical (unpaired) electrons. The van der Waals surface area contributed by atoms with Gasteiger partial charge >= 0.3 is 0 Å². The van der Waals surface area contributed by atoms with Crippen LogP contribution in [-0.2, 0) is 11.3 Å². The van der Waals surface area contributed by atoms with Crippen molar-refractivity contribution in [2.75, 3.05) is 5.32 Å². The van der Waals surface area contributed by atoms with E-state index in [0.29, 0.717) is 21.3 Å². The van der Waals surface area contributed by atoms with Crippen molar-refractivity contribution in [1.29, 1.82) is 0 Å². The lowest BCUT2D eigenvalue weighted by molar-refractivity contribution is -0.605. The van der Waals surface area contributed by atoms with Crippen LogP contribution in [0.5, 0.6) is 5.75 Å². The molecule has 2 aromatic carbocycles. The van der Waals surface area contributed by atoms with Crippen LogP contribution in [0.4, 0.5) is 10.1 Å². The molecule has 0 spiro atoms. The van der Waals surface area contributed by atoms with E-state index >= 15 is 0 Å². The summed E-state index contributed by atoms with van der Waals surface area (Å²) in [6, 6.07) is 13.3. The van der Waals surface area contributed by atoms with Gasteiger partial charge in [0, 0.05) is 30.3 Å². The van der Waals surface area contributed by atoms with Gasteiger partial charge in [-0.15, -0.1) is 0 Å². The molecule has 8 heteroatoms. The summed E-state index contributed by atoms with van der Waals surface area (Å²) in [5, 5.41) is 24.3. The van der Waals surface area contributed by atoms with Gasteiger partial charge in [-0.25, -0.2) is 4.39 Å². The molecule has 0 aliphatic heterocycles. The number of benzene rings is 2. The van der Waals surface area contributed by atoms with E-state index in [1.807, 2.05) is 0 Å². The number of Topliss-reactive ketones (excluding diaryl/α,β-unsaturated/α-hetero) is 1. The number of amides is 1. The van der Waals surface area contributed by atoms with Gasteiger partial charge in [-0.3, -0.25) is 9.59 Å². The van der Waals surface area contributed by atoms with Crippen molar-refractivity contribution in [2.24, 2.45) is 0 Å². The Balaban J connectivity index is 1.69. The number of carbonyl (C=O) groups excluding carboxylic acids is 2. The smallest absolute Gasteiger partial charge is 0.296 e. The Bertz CT molecular complexity index is 1250. The van der Waals surface area contributed by atoms with Crippen molar-refractivity contribution in [1.82, 2.24) is 4.57 Å². The van der Waals surface area contributed by atoms with Gasteiger partial charge in [0.2, 0.25) is 0 Å². The van der Waals surface area contributed by atoms with Gasteiger partial charge in [0.1, 0.15) is 11.6 Å². The molecule has 0 bridgehead atoms. The number of nitrogens with zero attached hydrogens (tertiary/aromatic N) is 2. The highest BCUT2D eigenvalue weighted by atomic mass is 19.1. The Morgan fingerprint density at radius 1 is 1.07 bits per heavy atom. The number of anilines is 1. The molecule has 4 aromatic rings. The summed E-state index contributed by atoms with van der Waals surface area (Å²) in [7, 11) is 0. The lowest BCUT2D eigenvalue weighted by atomic mass is 10.1. The molecule has 4 rings (SSSR count). The fourth-order valence-electron chi connectivity index (χ4n) is 3.24. The number of phenolic OH excluding ortho intramolecular Hbond substituents is 1. The highest BCUT2D eigenvalue weighted by molar-refractivity contribution is 6.48. The first kappa shape index (κ1) is 19.1. The first-order valence-electron chi connectivity index (χ1n) is 9.02. The number of hydrogen-bond donors (Lipinski definition) is 2. The number of phenols is 1. The topological polar surface area (TPSA) is 98.3 Å². The Morgan fingerprint density at radius 3 is 2.47 bits per heavy atom. The summed E-state index contributed by atoms with van der Waals surface area (Å²) in [6.45, 7) is 0.269. The molecule has 0 aliphatic rings. The molecular weight excluding hydrogens is 389 g/mol. The number of halogens is 1. The van der Waals surface area contributed by atoms with E-state index in [4.69, 9.17) is 0 Å². The van der Waals surface area contributed by atoms with Crippen LogP contribution in [0.15, 0.2) is 73.2 Å². The van der Waals surface area contributed by atoms with E-state index < -0.39 is 11.7 Å². The normalized spacial score (nSPS) is 10.8. The van der Waals surface area contributed by atoms with Crippen molar-refractivity contribution in [3.63, 3.8) is 0 Å². The number of aromatic nitrogens is 2. The van der Waals surface area contributed by atoms with Gasteiger partial charge in [-0.05, 0) is 23.8 Å². The van der Waals surface area contributed by atoms with Gasteiger partial charge in [0.15, 0.2) is 12.4 Å². The number of ketones is 1. The fourth-order valence-corrected chi connectivity index (χ4v) is 3.24. The molecule has 2 N–H and O–H groups in total. The molecule has 0 unspecified atom stereocenters. The maximum atomic E-state index is 13.2. The maximum absolute atomic E-state index is 13.2. The predicted molar refractivity (Wildman–Crippen MR) is 107 cm³/mol. The van der Waals surface area contributed by atoms with Crippen LogP contribution < -0.4 is 10.0 Å². The van der Waals surface area contributed by atoms with Crippen LogP contribution in [0.3, 0.4) is 0 Å². The zero-order valence-electron chi connectivity index (χ0n) is 15.6. The van der Waals surface area contributed by atoms with Crippen LogP contribution in [0, 0.1) is 11.0 Å². The zero-order chi connectivity index (χ0) is 21.3. The summed E-state index contributed by atoms with van der Waals surface area (Å²) >= 11 is 0. The van der Waals surface area contributed by atoms with Crippen molar-refractivity contribution in [2.45, 2.75) is 6.54 Å². The molecular formula is C22H16FN3O4. The summed E-state index contributed by atoms with van der Waals surface area (Å²) in [5.74, 6) is -2.07. The second-order valence-corrected chi connectivity index (χ2v) is 6.70. The number of carbonyl (C=O) groups is 2.